The monoisotopic (exact) mass is 227 g/mol. The molecule has 0 bridgehead atoms. The minimum Gasteiger partial charge on any atom is -0.399 e. The van der Waals surface area contributed by atoms with Crippen molar-refractivity contribution in [3.63, 3.8) is 0 Å². The van der Waals surface area contributed by atoms with Gasteiger partial charge in [-0.05, 0) is 18.2 Å². The van der Waals surface area contributed by atoms with Crippen molar-refractivity contribution in [1.29, 1.82) is 0 Å². The minimum atomic E-state index is -3.77. The van der Waals surface area contributed by atoms with Crippen LogP contribution >= 0.6 is 0 Å². The van der Waals surface area contributed by atoms with Crippen molar-refractivity contribution in [2.75, 3.05) is 17.7 Å². The number of urea groups is 1. The van der Waals surface area contributed by atoms with Gasteiger partial charge in [0.2, 0.25) is 0 Å². The molecule has 0 saturated heterocycles. The van der Waals surface area contributed by atoms with Gasteiger partial charge in [-0.15, -0.1) is 0 Å². The summed E-state index contributed by atoms with van der Waals surface area (Å²) in [5.74, 6) is 0. The zero-order chi connectivity index (χ0) is 11.2. The van der Waals surface area contributed by atoms with E-state index in [0.29, 0.717) is 11.4 Å². The van der Waals surface area contributed by atoms with Crippen LogP contribution in [0, 0.1) is 0 Å². The molecule has 1 aliphatic rings. The van der Waals surface area contributed by atoms with Gasteiger partial charge in [-0.3, -0.25) is 4.90 Å². The Kier molecular flexibility index (Phi) is 1.87. The summed E-state index contributed by atoms with van der Waals surface area (Å²) in [5.41, 5.74) is 6.15. The predicted molar refractivity (Wildman–Crippen MR) is 55.0 cm³/mol. The Hall–Kier alpha value is -1.76. The Morgan fingerprint density at radius 2 is 2.07 bits per heavy atom. The van der Waals surface area contributed by atoms with Crippen LogP contribution in [0.4, 0.5) is 16.2 Å². The molecule has 1 aromatic rings. The highest BCUT2D eigenvalue weighted by Crippen LogP contribution is 2.29. The molecule has 2 rings (SSSR count). The number of nitrogens with two attached hydrogens (primary N) is 1. The number of nitrogen functional groups attached to an aromatic ring is 1. The summed E-state index contributed by atoms with van der Waals surface area (Å²) < 4.78 is 25.0. The standard InChI is InChI=1S/C8H9N3O3S/c1-11-6-3-2-5(9)4-7(6)15(13,14)10-8(11)12/h2-4H,9H2,1H3,(H,10,12). The lowest BCUT2D eigenvalue weighted by atomic mass is 10.2. The van der Waals surface area contributed by atoms with Crippen LogP contribution in [0.5, 0.6) is 0 Å². The van der Waals surface area contributed by atoms with Crippen LogP contribution in [0.25, 0.3) is 0 Å². The van der Waals surface area contributed by atoms with Crippen molar-refractivity contribution in [3.05, 3.63) is 18.2 Å². The molecular weight excluding hydrogens is 218 g/mol. The molecule has 0 unspecified atom stereocenters. The van der Waals surface area contributed by atoms with Crippen LogP contribution < -0.4 is 15.4 Å². The minimum absolute atomic E-state index is 0.0181. The Bertz CT molecular complexity index is 538. The van der Waals surface area contributed by atoms with Gasteiger partial charge in [-0.1, -0.05) is 0 Å². The molecule has 0 saturated carbocycles. The highest BCUT2D eigenvalue weighted by Gasteiger charge is 2.31. The van der Waals surface area contributed by atoms with Gasteiger partial charge in [0.1, 0.15) is 4.90 Å². The number of nitrogens with zero attached hydrogens (tertiary/aromatic N) is 1. The molecule has 6 nitrogen and oxygen atoms in total. The van der Waals surface area contributed by atoms with Crippen molar-refractivity contribution >= 4 is 27.4 Å². The van der Waals surface area contributed by atoms with Gasteiger partial charge in [0, 0.05) is 12.7 Å². The third-order valence-corrected chi connectivity index (χ3v) is 3.51. The average molecular weight is 227 g/mol. The first-order valence-electron chi connectivity index (χ1n) is 4.12. The van der Waals surface area contributed by atoms with Crippen molar-refractivity contribution in [2.45, 2.75) is 4.90 Å². The lowest BCUT2D eigenvalue weighted by Crippen LogP contribution is -2.45. The predicted octanol–water partition coefficient (Wildman–Crippen LogP) is 0.117. The van der Waals surface area contributed by atoms with Crippen molar-refractivity contribution in [3.8, 4) is 0 Å². The number of benzene rings is 1. The Labute approximate surface area is 86.7 Å². The lowest BCUT2D eigenvalue weighted by molar-refractivity contribution is 0.251. The normalized spacial score (nSPS) is 18.2. The van der Waals surface area contributed by atoms with E-state index in [1.54, 1.807) is 6.07 Å². The van der Waals surface area contributed by atoms with Crippen molar-refractivity contribution in [1.82, 2.24) is 4.72 Å². The largest absolute Gasteiger partial charge is 0.399 e. The van der Waals surface area contributed by atoms with Gasteiger partial charge >= 0.3 is 6.03 Å². The summed E-state index contributed by atoms with van der Waals surface area (Å²) in [6, 6.07) is 3.69. The van der Waals surface area contributed by atoms with Crippen LogP contribution in [-0.4, -0.2) is 21.5 Å². The number of sulfonamides is 1. The Balaban J connectivity index is 2.75. The number of rotatable bonds is 0. The summed E-state index contributed by atoms with van der Waals surface area (Å²) in [6.07, 6.45) is 0. The Morgan fingerprint density at radius 3 is 2.73 bits per heavy atom. The maximum absolute atomic E-state index is 11.6. The third-order valence-electron chi connectivity index (χ3n) is 2.16. The maximum Gasteiger partial charge on any atom is 0.335 e. The van der Waals surface area contributed by atoms with Crippen LogP contribution in [-0.2, 0) is 10.0 Å². The molecule has 1 aliphatic heterocycles. The molecule has 0 aliphatic carbocycles. The zero-order valence-electron chi connectivity index (χ0n) is 7.89. The summed E-state index contributed by atoms with van der Waals surface area (Å²) >= 11 is 0. The number of hydrogen-bond donors (Lipinski definition) is 2. The molecule has 1 aromatic carbocycles. The van der Waals surface area contributed by atoms with E-state index in [1.165, 1.54) is 24.1 Å². The molecule has 0 spiro atoms. The Morgan fingerprint density at radius 1 is 1.40 bits per heavy atom. The highest BCUT2D eigenvalue weighted by atomic mass is 32.2. The second kappa shape index (κ2) is 2.86. The molecule has 2 amide bonds. The quantitative estimate of drug-likeness (QED) is 0.615. The van der Waals surface area contributed by atoms with E-state index >= 15 is 0 Å². The number of amides is 2. The highest BCUT2D eigenvalue weighted by molar-refractivity contribution is 7.90. The first-order chi connectivity index (χ1) is 6.92. The molecule has 80 valence electrons. The molecule has 0 fully saturated rings. The second-order valence-corrected chi connectivity index (χ2v) is 4.85. The molecule has 0 atom stereocenters. The van der Waals surface area contributed by atoms with E-state index in [1.807, 2.05) is 4.72 Å². The fourth-order valence-corrected chi connectivity index (χ4v) is 2.62. The second-order valence-electron chi connectivity index (χ2n) is 3.20. The fourth-order valence-electron chi connectivity index (χ4n) is 1.37. The van der Waals surface area contributed by atoms with E-state index < -0.39 is 16.1 Å². The van der Waals surface area contributed by atoms with E-state index in [9.17, 15) is 13.2 Å². The van der Waals surface area contributed by atoms with E-state index in [2.05, 4.69) is 0 Å². The van der Waals surface area contributed by atoms with E-state index in [-0.39, 0.29) is 4.90 Å². The molecule has 1 heterocycles. The lowest BCUT2D eigenvalue weighted by Gasteiger charge is -2.26. The van der Waals surface area contributed by atoms with Gasteiger partial charge in [0.15, 0.2) is 0 Å². The fraction of sp³-hybridized carbons (Fsp3) is 0.125. The van der Waals surface area contributed by atoms with Gasteiger partial charge in [-0.2, -0.15) is 0 Å². The first kappa shape index (κ1) is 9.78. The summed E-state index contributed by atoms with van der Waals surface area (Å²) in [7, 11) is -2.28. The van der Waals surface area contributed by atoms with Crippen LogP contribution in [0.3, 0.4) is 0 Å². The summed E-state index contributed by atoms with van der Waals surface area (Å²) in [4.78, 5) is 12.5. The summed E-state index contributed by atoms with van der Waals surface area (Å²) in [5, 5.41) is 0. The molecule has 3 N–H and O–H groups in total. The molecule has 15 heavy (non-hydrogen) atoms. The number of fused-ring (bicyclic) bond motifs is 1. The number of carbonyl (C=O) groups excluding carboxylic acids is 1. The van der Waals surface area contributed by atoms with Crippen LogP contribution in [0.15, 0.2) is 23.1 Å². The van der Waals surface area contributed by atoms with Gasteiger partial charge in [0.05, 0.1) is 5.69 Å². The number of hydrogen-bond acceptors (Lipinski definition) is 4. The summed E-state index contributed by atoms with van der Waals surface area (Å²) in [6.45, 7) is 0. The average Bonchev–Trinajstić information content (AvgIpc) is 2.14. The van der Waals surface area contributed by atoms with Gasteiger partial charge in [0.25, 0.3) is 10.0 Å². The topological polar surface area (TPSA) is 92.5 Å². The van der Waals surface area contributed by atoms with E-state index in [4.69, 9.17) is 5.73 Å². The van der Waals surface area contributed by atoms with Crippen molar-refractivity contribution in [2.24, 2.45) is 0 Å². The molecular formula is C8H9N3O3S. The third kappa shape index (κ3) is 1.40. The smallest absolute Gasteiger partial charge is 0.335 e. The van der Waals surface area contributed by atoms with E-state index in [0.717, 1.165) is 0 Å². The SMILES string of the molecule is CN1C(=O)NS(=O)(=O)c2cc(N)ccc21. The number of nitrogens with one attached hydrogen (secondary N) is 1. The number of anilines is 2. The van der Waals surface area contributed by atoms with Gasteiger partial charge < -0.3 is 5.73 Å². The molecule has 7 heteroatoms. The number of carbonyl (C=O) groups is 1. The van der Waals surface area contributed by atoms with Gasteiger partial charge in [-0.25, -0.2) is 17.9 Å². The van der Waals surface area contributed by atoms with Crippen LogP contribution in [0.2, 0.25) is 0 Å². The first-order valence-corrected chi connectivity index (χ1v) is 5.60. The molecule has 0 aromatic heterocycles. The maximum atomic E-state index is 11.6. The zero-order valence-corrected chi connectivity index (χ0v) is 8.71. The molecule has 0 radical (unpaired) electrons. The van der Waals surface area contributed by atoms with Crippen molar-refractivity contribution < 1.29 is 13.2 Å². The van der Waals surface area contributed by atoms with Crippen LogP contribution in [0.1, 0.15) is 0 Å².